The fourth-order valence-electron chi connectivity index (χ4n) is 2.39. The summed E-state index contributed by atoms with van der Waals surface area (Å²) in [6, 6.07) is 2.84. The second kappa shape index (κ2) is 4.21. The van der Waals surface area contributed by atoms with Gasteiger partial charge in [0, 0.05) is 25.2 Å². The normalized spacial score (nSPS) is 19.8. The van der Waals surface area contributed by atoms with Crippen LogP contribution in [0.25, 0.3) is 0 Å². The highest BCUT2D eigenvalue weighted by molar-refractivity contribution is 5.14. The van der Waals surface area contributed by atoms with Crippen molar-refractivity contribution in [3.8, 4) is 0 Å². The number of nitrogens with one attached hydrogen (secondary N) is 1. The van der Waals surface area contributed by atoms with Crippen molar-refractivity contribution in [3.63, 3.8) is 0 Å². The summed E-state index contributed by atoms with van der Waals surface area (Å²) in [7, 11) is 4.13. The van der Waals surface area contributed by atoms with E-state index in [1.807, 2.05) is 4.68 Å². The second-order valence-electron chi connectivity index (χ2n) is 5.30. The van der Waals surface area contributed by atoms with E-state index in [2.05, 4.69) is 44.4 Å². The van der Waals surface area contributed by atoms with E-state index in [-0.39, 0.29) is 0 Å². The Balaban J connectivity index is 2.09. The number of likely N-dealkylation sites (N-methyl/N-ethyl adjacent to an activating group) is 1. The second-order valence-corrected chi connectivity index (χ2v) is 5.30. The predicted octanol–water partition coefficient (Wildman–Crippen LogP) is 1.91. The van der Waals surface area contributed by atoms with Gasteiger partial charge in [0.1, 0.15) is 0 Å². The van der Waals surface area contributed by atoms with Crippen LogP contribution in [0.15, 0.2) is 6.07 Å². The molecule has 0 spiro atoms. The van der Waals surface area contributed by atoms with Crippen molar-refractivity contribution < 1.29 is 0 Å². The Labute approximate surface area is 98.2 Å². The molecule has 1 aromatic rings. The van der Waals surface area contributed by atoms with E-state index in [1.54, 1.807) is 0 Å². The zero-order chi connectivity index (χ0) is 11.8. The molecule has 0 aliphatic heterocycles. The van der Waals surface area contributed by atoms with Crippen molar-refractivity contribution in [1.82, 2.24) is 15.1 Å². The minimum atomic E-state index is 0.519. The van der Waals surface area contributed by atoms with Crippen LogP contribution in [0.3, 0.4) is 0 Å². The molecule has 0 bridgehead atoms. The average molecular weight is 221 g/mol. The first-order chi connectivity index (χ1) is 7.59. The van der Waals surface area contributed by atoms with Crippen LogP contribution >= 0.6 is 0 Å². The number of hydrogen-bond donors (Lipinski definition) is 1. The lowest BCUT2D eigenvalue weighted by molar-refractivity contribution is 0.369. The quantitative estimate of drug-likeness (QED) is 0.823. The molecule has 1 aliphatic rings. The Morgan fingerprint density at radius 3 is 2.69 bits per heavy atom. The summed E-state index contributed by atoms with van der Waals surface area (Å²) in [5, 5.41) is 7.97. The first kappa shape index (κ1) is 11.6. The topological polar surface area (TPSA) is 29.9 Å². The van der Waals surface area contributed by atoms with Crippen molar-refractivity contribution in [2.75, 3.05) is 7.05 Å². The zero-order valence-electron chi connectivity index (χ0n) is 10.9. The van der Waals surface area contributed by atoms with Gasteiger partial charge in [0.15, 0.2) is 0 Å². The van der Waals surface area contributed by atoms with Crippen molar-refractivity contribution in [2.24, 2.45) is 12.5 Å². The van der Waals surface area contributed by atoms with Crippen LogP contribution in [0.2, 0.25) is 0 Å². The Bertz CT molecular complexity index is 363. The van der Waals surface area contributed by atoms with Gasteiger partial charge in [-0.3, -0.25) is 4.68 Å². The molecular weight excluding hydrogens is 198 g/mol. The lowest BCUT2D eigenvalue weighted by Crippen LogP contribution is -2.36. The SMILES string of the molecule is CCc1cc(CC(NC)C2(C)CC2)n(C)n1. The van der Waals surface area contributed by atoms with E-state index in [4.69, 9.17) is 0 Å². The van der Waals surface area contributed by atoms with Crippen LogP contribution in [-0.4, -0.2) is 22.9 Å². The summed E-state index contributed by atoms with van der Waals surface area (Å²) in [4.78, 5) is 0. The molecule has 1 fully saturated rings. The number of nitrogens with zero attached hydrogens (tertiary/aromatic N) is 2. The van der Waals surface area contributed by atoms with E-state index in [1.165, 1.54) is 24.2 Å². The molecule has 16 heavy (non-hydrogen) atoms. The van der Waals surface area contributed by atoms with Crippen LogP contribution in [0, 0.1) is 5.41 Å². The van der Waals surface area contributed by atoms with Crippen molar-refractivity contribution in [3.05, 3.63) is 17.5 Å². The molecule has 1 heterocycles. The van der Waals surface area contributed by atoms with Crippen LogP contribution in [-0.2, 0) is 19.9 Å². The lowest BCUT2D eigenvalue weighted by Gasteiger charge is -2.22. The summed E-state index contributed by atoms with van der Waals surface area (Å²) < 4.78 is 2.04. The van der Waals surface area contributed by atoms with E-state index in [9.17, 15) is 0 Å². The first-order valence-electron chi connectivity index (χ1n) is 6.28. The third kappa shape index (κ3) is 2.14. The maximum absolute atomic E-state index is 4.51. The van der Waals surface area contributed by atoms with Crippen molar-refractivity contribution in [1.29, 1.82) is 0 Å². The Morgan fingerprint density at radius 2 is 2.25 bits per heavy atom. The molecule has 3 heteroatoms. The maximum Gasteiger partial charge on any atom is 0.0624 e. The monoisotopic (exact) mass is 221 g/mol. The molecule has 1 atom stereocenters. The summed E-state index contributed by atoms with van der Waals surface area (Å²) in [6.45, 7) is 4.54. The standard InChI is InChI=1S/C13H23N3/c1-5-10-8-11(16(4)15-10)9-12(14-3)13(2)6-7-13/h8,12,14H,5-7,9H2,1-4H3. The zero-order valence-corrected chi connectivity index (χ0v) is 10.9. The number of aryl methyl sites for hydroxylation is 2. The van der Waals surface area contributed by atoms with Gasteiger partial charge >= 0.3 is 0 Å². The molecule has 90 valence electrons. The highest BCUT2D eigenvalue weighted by Crippen LogP contribution is 2.48. The maximum atomic E-state index is 4.51. The van der Waals surface area contributed by atoms with Gasteiger partial charge in [-0.1, -0.05) is 13.8 Å². The molecule has 1 aliphatic carbocycles. The highest BCUT2D eigenvalue weighted by atomic mass is 15.3. The summed E-state index contributed by atoms with van der Waals surface area (Å²) in [5.74, 6) is 0. The van der Waals surface area contributed by atoms with Crippen LogP contribution in [0.5, 0.6) is 0 Å². The van der Waals surface area contributed by atoms with Crippen LogP contribution in [0.1, 0.15) is 38.1 Å². The van der Waals surface area contributed by atoms with Gasteiger partial charge in [-0.2, -0.15) is 5.10 Å². The van der Waals surface area contributed by atoms with Gasteiger partial charge in [-0.15, -0.1) is 0 Å². The molecule has 0 amide bonds. The van der Waals surface area contributed by atoms with E-state index in [0.717, 1.165) is 12.8 Å². The Morgan fingerprint density at radius 1 is 1.56 bits per heavy atom. The molecule has 1 saturated carbocycles. The molecule has 1 unspecified atom stereocenters. The molecule has 1 N–H and O–H groups in total. The van der Waals surface area contributed by atoms with Gasteiger partial charge < -0.3 is 5.32 Å². The molecule has 3 nitrogen and oxygen atoms in total. The lowest BCUT2D eigenvalue weighted by atomic mass is 9.94. The fraction of sp³-hybridized carbons (Fsp3) is 0.769. The first-order valence-corrected chi connectivity index (χ1v) is 6.28. The number of hydrogen-bond acceptors (Lipinski definition) is 2. The molecular formula is C13H23N3. The molecule has 2 rings (SSSR count). The van der Waals surface area contributed by atoms with Gasteiger partial charge in [0.2, 0.25) is 0 Å². The predicted molar refractivity (Wildman–Crippen MR) is 66.5 cm³/mol. The van der Waals surface area contributed by atoms with E-state index >= 15 is 0 Å². The molecule has 0 radical (unpaired) electrons. The minimum absolute atomic E-state index is 0.519. The highest BCUT2D eigenvalue weighted by Gasteiger charge is 2.44. The summed E-state index contributed by atoms with van der Waals surface area (Å²) in [5.41, 5.74) is 3.07. The van der Waals surface area contributed by atoms with E-state index < -0.39 is 0 Å². The van der Waals surface area contributed by atoms with Crippen molar-refractivity contribution >= 4 is 0 Å². The number of aromatic nitrogens is 2. The van der Waals surface area contributed by atoms with Crippen LogP contribution in [0.4, 0.5) is 0 Å². The van der Waals surface area contributed by atoms with Crippen molar-refractivity contribution in [2.45, 2.75) is 45.6 Å². The van der Waals surface area contributed by atoms with Gasteiger partial charge in [-0.05, 0) is 37.8 Å². The Hall–Kier alpha value is -0.830. The summed E-state index contributed by atoms with van der Waals surface area (Å²) in [6.07, 6.45) is 4.83. The fourth-order valence-corrected chi connectivity index (χ4v) is 2.39. The number of rotatable bonds is 5. The van der Waals surface area contributed by atoms with Gasteiger partial charge in [0.05, 0.1) is 5.69 Å². The Kier molecular flexibility index (Phi) is 3.06. The molecule has 0 aromatic carbocycles. The molecule has 0 saturated heterocycles. The summed E-state index contributed by atoms with van der Waals surface area (Å²) >= 11 is 0. The van der Waals surface area contributed by atoms with Crippen LogP contribution < -0.4 is 5.32 Å². The smallest absolute Gasteiger partial charge is 0.0624 e. The van der Waals surface area contributed by atoms with Gasteiger partial charge in [-0.25, -0.2) is 0 Å². The third-order valence-corrected chi connectivity index (χ3v) is 4.03. The minimum Gasteiger partial charge on any atom is -0.316 e. The average Bonchev–Trinajstić information content (AvgIpc) is 2.90. The molecule has 1 aromatic heterocycles. The third-order valence-electron chi connectivity index (χ3n) is 4.03. The van der Waals surface area contributed by atoms with Gasteiger partial charge in [0.25, 0.3) is 0 Å². The largest absolute Gasteiger partial charge is 0.316 e. The van der Waals surface area contributed by atoms with E-state index in [0.29, 0.717) is 11.5 Å².